The Morgan fingerprint density at radius 3 is 2.64 bits per heavy atom. The first kappa shape index (κ1) is 19.2. The van der Waals surface area contributed by atoms with Crippen molar-refractivity contribution in [1.82, 2.24) is 0 Å². The zero-order valence-corrected chi connectivity index (χ0v) is 15.1. The third-order valence-electron chi connectivity index (χ3n) is 3.34. The first-order valence-corrected chi connectivity index (χ1v) is 9.42. The van der Waals surface area contributed by atoms with Crippen LogP contribution in [0.5, 0.6) is 0 Å². The van der Waals surface area contributed by atoms with Crippen LogP contribution >= 0.6 is 11.6 Å². The summed E-state index contributed by atoms with van der Waals surface area (Å²) < 4.78 is 32.3. The van der Waals surface area contributed by atoms with Crippen LogP contribution in [-0.2, 0) is 21.2 Å². The molecule has 0 aliphatic heterocycles. The highest BCUT2D eigenvalue weighted by atomic mass is 35.5. The third kappa shape index (κ3) is 4.94. The van der Waals surface area contributed by atoms with E-state index in [1.165, 1.54) is 30.3 Å². The van der Waals surface area contributed by atoms with Gasteiger partial charge in [0.2, 0.25) is 0 Å². The van der Waals surface area contributed by atoms with Crippen molar-refractivity contribution in [3.8, 4) is 0 Å². The second kappa shape index (κ2) is 8.33. The Morgan fingerprint density at radius 1 is 1.24 bits per heavy atom. The van der Waals surface area contributed by atoms with Crippen LogP contribution < -0.4 is 4.72 Å². The van der Waals surface area contributed by atoms with Crippen molar-refractivity contribution in [1.29, 1.82) is 0 Å². The average molecular weight is 384 g/mol. The standard InChI is InChI=1S/C17H18ClNO5S/c1-2-24-17(21)13-4-3-5-15(10-13)25(22,23)19-14-7-6-12(8-9-20)16(18)11-14/h3-7,10-11,19-20H,2,8-9H2,1H3. The van der Waals surface area contributed by atoms with Gasteiger partial charge in [0, 0.05) is 11.6 Å². The van der Waals surface area contributed by atoms with Crippen LogP contribution in [0, 0.1) is 0 Å². The number of rotatable bonds is 7. The van der Waals surface area contributed by atoms with Crippen LogP contribution in [-0.4, -0.2) is 32.7 Å². The molecule has 0 spiro atoms. The monoisotopic (exact) mass is 383 g/mol. The number of carbonyl (C=O) groups is 1. The summed E-state index contributed by atoms with van der Waals surface area (Å²) in [5.74, 6) is -0.587. The van der Waals surface area contributed by atoms with Gasteiger partial charge in [0.25, 0.3) is 10.0 Å². The fourth-order valence-corrected chi connectivity index (χ4v) is 3.52. The molecule has 0 bridgehead atoms. The van der Waals surface area contributed by atoms with Gasteiger partial charge in [-0.05, 0) is 49.2 Å². The molecule has 8 heteroatoms. The molecule has 0 fully saturated rings. The minimum atomic E-state index is -3.89. The molecule has 0 saturated heterocycles. The molecule has 134 valence electrons. The third-order valence-corrected chi connectivity index (χ3v) is 5.07. The van der Waals surface area contributed by atoms with Gasteiger partial charge in [0.05, 0.1) is 22.8 Å². The van der Waals surface area contributed by atoms with E-state index >= 15 is 0 Å². The van der Waals surface area contributed by atoms with Crippen molar-refractivity contribution in [2.24, 2.45) is 0 Å². The molecule has 25 heavy (non-hydrogen) atoms. The number of aliphatic hydroxyl groups excluding tert-OH is 1. The number of hydrogen-bond donors (Lipinski definition) is 2. The van der Waals surface area contributed by atoms with Gasteiger partial charge in [0.15, 0.2) is 0 Å². The van der Waals surface area contributed by atoms with Crippen LogP contribution in [0.25, 0.3) is 0 Å². The van der Waals surface area contributed by atoms with Gasteiger partial charge in [-0.1, -0.05) is 23.7 Å². The summed E-state index contributed by atoms with van der Waals surface area (Å²) in [5, 5.41) is 9.31. The highest BCUT2D eigenvalue weighted by Gasteiger charge is 2.17. The molecule has 0 saturated carbocycles. The molecule has 0 unspecified atom stereocenters. The van der Waals surface area contributed by atoms with Gasteiger partial charge in [-0.3, -0.25) is 4.72 Å². The highest BCUT2D eigenvalue weighted by Crippen LogP contribution is 2.24. The van der Waals surface area contributed by atoms with E-state index in [4.69, 9.17) is 21.4 Å². The molecule has 6 nitrogen and oxygen atoms in total. The summed E-state index contributed by atoms with van der Waals surface area (Å²) in [7, 11) is -3.89. The van der Waals surface area contributed by atoms with Gasteiger partial charge < -0.3 is 9.84 Å². The molecule has 0 amide bonds. The van der Waals surface area contributed by atoms with E-state index < -0.39 is 16.0 Å². The summed E-state index contributed by atoms with van der Waals surface area (Å²) in [6, 6.07) is 10.3. The predicted octanol–water partition coefficient (Wildman–Crippen LogP) is 2.85. The number of ether oxygens (including phenoxy) is 1. The van der Waals surface area contributed by atoms with E-state index in [0.29, 0.717) is 11.4 Å². The van der Waals surface area contributed by atoms with Crippen molar-refractivity contribution < 1.29 is 23.1 Å². The van der Waals surface area contributed by atoms with Gasteiger partial charge in [0.1, 0.15) is 0 Å². The van der Waals surface area contributed by atoms with Gasteiger partial charge in [-0.2, -0.15) is 0 Å². The molecule has 0 aliphatic rings. The number of hydrogen-bond acceptors (Lipinski definition) is 5. The number of esters is 1. The summed E-state index contributed by atoms with van der Waals surface area (Å²) in [6.45, 7) is 1.82. The Morgan fingerprint density at radius 2 is 2.00 bits per heavy atom. The number of halogens is 1. The van der Waals surface area contributed by atoms with Crippen LogP contribution in [0.4, 0.5) is 5.69 Å². The van der Waals surface area contributed by atoms with Crippen molar-refractivity contribution in [2.75, 3.05) is 17.9 Å². The van der Waals surface area contributed by atoms with Crippen molar-refractivity contribution >= 4 is 33.3 Å². The number of carbonyl (C=O) groups excluding carboxylic acids is 1. The first-order chi connectivity index (χ1) is 11.9. The topological polar surface area (TPSA) is 92.7 Å². The minimum absolute atomic E-state index is 0.0502. The van der Waals surface area contributed by atoms with Crippen LogP contribution in [0.3, 0.4) is 0 Å². The van der Waals surface area contributed by atoms with Crippen molar-refractivity contribution in [2.45, 2.75) is 18.2 Å². The largest absolute Gasteiger partial charge is 0.462 e. The molecule has 2 aromatic carbocycles. The lowest BCUT2D eigenvalue weighted by molar-refractivity contribution is 0.0526. The molecule has 0 atom stereocenters. The Labute approximate surface area is 151 Å². The molecule has 0 aliphatic carbocycles. The number of anilines is 1. The highest BCUT2D eigenvalue weighted by molar-refractivity contribution is 7.92. The lowest BCUT2D eigenvalue weighted by atomic mass is 10.1. The Balaban J connectivity index is 2.26. The van der Waals surface area contributed by atoms with Gasteiger partial charge >= 0.3 is 5.97 Å². The van der Waals surface area contributed by atoms with E-state index in [0.717, 1.165) is 5.56 Å². The molecule has 2 N–H and O–H groups in total. The zero-order valence-electron chi connectivity index (χ0n) is 13.5. The maximum absolute atomic E-state index is 12.5. The maximum Gasteiger partial charge on any atom is 0.338 e. The van der Waals surface area contributed by atoms with Crippen molar-refractivity contribution in [3.05, 3.63) is 58.6 Å². The molecule has 2 aromatic rings. The zero-order chi connectivity index (χ0) is 18.4. The second-order valence-electron chi connectivity index (χ2n) is 5.13. The molecule has 2 rings (SSSR count). The molecule has 0 aromatic heterocycles. The van der Waals surface area contributed by atoms with E-state index in [1.54, 1.807) is 19.1 Å². The number of nitrogens with one attached hydrogen (secondary N) is 1. The smallest absolute Gasteiger partial charge is 0.338 e. The van der Waals surface area contributed by atoms with Gasteiger partial charge in [-0.15, -0.1) is 0 Å². The van der Waals surface area contributed by atoms with Crippen LogP contribution in [0.15, 0.2) is 47.4 Å². The quantitative estimate of drug-likeness (QED) is 0.717. The van der Waals surface area contributed by atoms with Crippen molar-refractivity contribution in [3.63, 3.8) is 0 Å². The first-order valence-electron chi connectivity index (χ1n) is 7.56. The van der Waals surface area contributed by atoms with E-state index in [-0.39, 0.29) is 29.4 Å². The molecule has 0 heterocycles. The normalized spacial score (nSPS) is 11.2. The number of aliphatic hydroxyl groups is 1. The lowest BCUT2D eigenvalue weighted by Crippen LogP contribution is -2.14. The van der Waals surface area contributed by atoms with Gasteiger partial charge in [-0.25, -0.2) is 13.2 Å². The fraction of sp³-hybridized carbons (Fsp3) is 0.235. The SMILES string of the molecule is CCOC(=O)c1cccc(S(=O)(=O)Nc2ccc(CCO)c(Cl)c2)c1. The fourth-order valence-electron chi connectivity index (χ4n) is 2.15. The summed E-state index contributed by atoms with van der Waals surface area (Å²) in [4.78, 5) is 11.7. The van der Waals surface area contributed by atoms with E-state index in [2.05, 4.69) is 4.72 Å². The predicted molar refractivity (Wildman–Crippen MR) is 95.4 cm³/mol. The Kier molecular flexibility index (Phi) is 6.41. The molecular weight excluding hydrogens is 366 g/mol. The summed E-state index contributed by atoms with van der Waals surface area (Å²) in [5.41, 5.74) is 1.16. The number of benzene rings is 2. The Bertz CT molecular complexity index is 867. The van der Waals surface area contributed by atoms with E-state index in [9.17, 15) is 13.2 Å². The molecule has 0 radical (unpaired) electrons. The van der Waals surface area contributed by atoms with Crippen LogP contribution in [0.2, 0.25) is 5.02 Å². The minimum Gasteiger partial charge on any atom is -0.462 e. The van der Waals surface area contributed by atoms with Crippen LogP contribution in [0.1, 0.15) is 22.8 Å². The Hall–Kier alpha value is -2.09. The maximum atomic E-state index is 12.5. The number of sulfonamides is 1. The second-order valence-corrected chi connectivity index (χ2v) is 7.22. The lowest BCUT2D eigenvalue weighted by Gasteiger charge is -2.11. The van der Waals surface area contributed by atoms with E-state index in [1.807, 2.05) is 0 Å². The average Bonchev–Trinajstić information content (AvgIpc) is 2.57. The summed E-state index contributed by atoms with van der Waals surface area (Å²) in [6.07, 6.45) is 0.382. The summed E-state index contributed by atoms with van der Waals surface area (Å²) >= 11 is 6.08. The molecular formula is C17H18ClNO5S.